The number of hydrogen-bond acceptors (Lipinski definition) is 3. The van der Waals surface area contributed by atoms with Crippen LogP contribution in [0.4, 0.5) is 0 Å². The highest BCUT2D eigenvalue weighted by Crippen LogP contribution is 2.24. The van der Waals surface area contributed by atoms with Gasteiger partial charge in [-0.2, -0.15) is 0 Å². The zero-order chi connectivity index (χ0) is 13.6. The molecular formula is C12H18ClNO3S. The van der Waals surface area contributed by atoms with Gasteiger partial charge in [0.25, 0.3) is 0 Å². The molecule has 0 radical (unpaired) electrons. The van der Waals surface area contributed by atoms with Crippen LogP contribution in [0.25, 0.3) is 0 Å². The van der Waals surface area contributed by atoms with Gasteiger partial charge in [0.1, 0.15) is 5.75 Å². The number of methoxy groups -OCH3 is 1. The van der Waals surface area contributed by atoms with Gasteiger partial charge < -0.3 is 4.74 Å². The topological polar surface area (TPSA) is 55.4 Å². The highest BCUT2D eigenvalue weighted by Gasteiger charge is 2.17. The summed E-state index contributed by atoms with van der Waals surface area (Å²) in [6.07, 6.45) is 0.440. The third-order valence-electron chi connectivity index (χ3n) is 2.51. The van der Waals surface area contributed by atoms with Gasteiger partial charge in [0.05, 0.1) is 12.9 Å². The summed E-state index contributed by atoms with van der Waals surface area (Å²) in [4.78, 5) is 0. The maximum absolute atomic E-state index is 11.8. The standard InChI is InChI=1S/C12H18ClNO3S/c1-10(14-18(15,16)9-5-8-13)11-6-3-4-7-12(11)17-2/h3-4,6-7,10,14H,5,8-9H2,1-2H3/t10-/m1/s1. The van der Waals surface area contributed by atoms with Crippen LogP contribution in [0.5, 0.6) is 5.75 Å². The van der Waals surface area contributed by atoms with Crippen molar-refractivity contribution in [2.24, 2.45) is 0 Å². The van der Waals surface area contributed by atoms with Crippen LogP contribution in [-0.4, -0.2) is 27.2 Å². The summed E-state index contributed by atoms with van der Waals surface area (Å²) < 4.78 is 31.3. The lowest BCUT2D eigenvalue weighted by Crippen LogP contribution is -2.29. The van der Waals surface area contributed by atoms with Crippen LogP contribution in [0.15, 0.2) is 24.3 Å². The van der Waals surface area contributed by atoms with Gasteiger partial charge in [-0.15, -0.1) is 11.6 Å². The molecule has 18 heavy (non-hydrogen) atoms. The first kappa shape index (κ1) is 15.3. The first-order valence-corrected chi connectivity index (χ1v) is 7.87. The zero-order valence-electron chi connectivity index (χ0n) is 10.5. The Morgan fingerprint density at radius 2 is 2.06 bits per heavy atom. The van der Waals surface area contributed by atoms with Crippen LogP contribution in [0, 0.1) is 0 Å². The molecule has 0 saturated carbocycles. The molecule has 0 saturated heterocycles. The van der Waals surface area contributed by atoms with Crippen LogP contribution in [-0.2, 0) is 10.0 Å². The highest BCUT2D eigenvalue weighted by atomic mass is 35.5. The van der Waals surface area contributed by atoms with Gasteiger partial charge in [-0.25, -0.2) is 13.1 Å². The number of ether oxygens (including phenoxy) is 1. The molecule has 0 amide bonds. The number of benzene rings is 1. The minimum absolute atomic E-state index is 0.0377. The molecule has 0 heterocycles. The Kier molecular flexibility index (Phi) is 5.91. The molecule has 102 valence electrons. The Bertz CT molecular complexity index is 476. The monoisotopic (exact) mass is 291 g/mol. The first-order valence-electron chi connectivity index (χ1n) is 5.69. The second kappa shape index (κ2) is 6.97. The Hall–Kier alpha value is -0.780. The third kappa shape index (κ3) is 4.48. The van der Waals surface area contributed by atoms with Gasteiger partial charge in [-0.3, -0.25) is 0 Å². The Balaban J connectivity index is 2.79. The Morgan fingerprint density at radius 3 is 2.67 bits per heavy atom. The maximum atomic E-state index is 11.8. The van der Waals surface area contributed by atoms with Crippen LogP contribution in [0.3, 0.4) is 0 Å². The number of alkyl halides is 1. The molecule has 6 heteroatoms. The minimum atomic E-state index is -3.31. The van der Waals surface area contributed by atoms with Crippen molar-refractivity contribution in [3.63, 3.8) is 0 Å². The fraction of sp³-hybridized carbons (Fsp3) is 0.500. The van der Waals surface area contributed by atoms with Gasteiger partial charge >= 0.3 is 0 Å². The second-order valence-corrected chi connectivity index (χ2v) is 6.19. The van der Waals surface area contributed by atoms with Crippen molar-refractivity contribution in [1.82, 2.24) is 4.72 Å². The molecule has 0 aliphatic carbocycles. The summed E-state index contributed by atoms with van der Waals surface area (Å²) in [5, 5.41) is 0. The lowest BCUT2D eigenvalue weighted by molar-refractivity contribution is 0.405. The van der Waals surface area contributed by atoms with Crippen LogP contribution >= 0.6 is 11.6 Å². The summed E-state index contributed by atoms with van der Waals surface area (Å²) >= 11 is 5.50. The van der Waals surface area contributed by atoms with Gasteiger partial charge in [-0.1, -0.05) is 18.2 Å². The lowest BCUT2D eigenvalue weighted by Gasteiger charge is -2.17. The van der Waals surface area contributed by atoms with Crippen molar-refractivity contribution in [3.05, 3.63) is 29.8 Å². The summed E-state index contributed by atoms with van der Waals surface area (Å²) in [7, 11) is -1.74. The number of halogens is 1. The van der Waals surface area contributed by atoms with Crippen LogP contribution < -0.4 is 9.46 Å². The predicted molar refractivity (Wildman–Crippen MR) is 73.7 cm³/mol. The molecule has 0 unspecified atom stereocenters. The number of para-hydroxylation sites is 1. The zero-order valence-corrected chi connectivity index (χ0v) is 12.1. The summed E-state index contributed by atoms with van der Waals surface area (Å²) in [6, 6.07) is 7.01. The highest BCUT2D eigenvalue weighted by molar-refractivity contribution is 7.89. The average Bonchev–Trinajstić information content (AvgIpc) is 2.35. The van der Waals surface area contributed by atoms with Crippen molar-refractivity contribution in [2.45, 2.75) is 19.4 Å². The van der Waals surface area contributed by atoms with Crippen molar-refractivity contribution < 1.29 is 13.2 Å². The van der Waals surface area contributed by atoms with E-state index >= 15 is 0 Å². The molecule has 1 atom stereocenters. The molecule has 4 nitrogen and oxygen atoms in total. The quantitative estimate of drug-likeness (QED) is 0.784. The van der Waals surface area contributed by atoms with E-state index in [4.69, 9.17) is 16.3 Å². The van der Waals surface area contributed by atoms with Crippen molar-refractivity contribution in [3.8, 4) is 5.75 Å². The van der Waals surface area contributed by atoms with Gasteiger partial charge in [0.15, 0.2) is 0 Å². The van der Waals surface area contributed by atoms with E-state index < -0.39 is 10.0 Å². The van der Waals surface area contributed by atoms with Crippen molar-refractivity contribution in [1.29, 1.82) is 0 Å². The number of sulfonamides is 1. The molecule has 1 aromatic rings. The molecule has 0 aliphatic heterocycles. The number of nitrogens with one attached hydrogen (secondary N) is 1. The van der Waals surface area contributed by atoms with E-state index in [9.17, 15) is 8.42 Å². The summed E-state index contributed by atoms with van der Waals surface area (Å²) in [6.45, 7) is 1.79. The van der Waals surface area contributed by atoms with Gasteiger partial charge in [-0.05, 0) is 19.4 Å². The molecule has 0 bridgehead atoms. The van der Waals surface area contributed by atoms with Crippen molar-refractivity contribution in [2.75, 3.05) is 18.7 Å². The Labute approximate surface area is 113 Å². The van der Waals surface area contributed by atoms with E-state index in [0.717, 1.165) is 5.56 Å². The molecule has 0 fully saturated rings. The van der Waals surface area contributed by atoms with Crippen LogP contribution in [0.1, 0.15) is 24.9 Å². The smallest absolute Gasteiger partial charge is 0.212 e. The third-order valence-corrected chi connectivity index (χ3v) is 4.31. The van der Waals surface area contributed by atoms with E-state index in [1.54, 1.807) is 20.1 Å². The van der Waals surface area contributed by atoms with Crippen molar-refractivity contribution >= 4 is 21.6 Å². The number of hydrogen-bond donors (Lipinski definition) is 1. The van der Waals surface area contributed by atoms with E-state index in [0.29, 0.717) is 18.1 Å². The minimum Gasteiger partial charge on any atom is -0.496 e. The number of rotatable bonds is 7. The largest absolute Gasteiger partial charge is 0.496 e. The summed E-state index contributed by atoms with van der Waals surface area (Å²) in [5.41, 5.74) is 0.814. The average molecular weight is 292 g/mol. The lowest BCUT2D eigenvalue weighted by atomic mass is 10.1. The molecule has 1 rings (SSSR count). The van der Waals surface area contributed by atoms with E-state index in [1.165, 1.54) is 0 Å². The Morgan fingerprint density at radius 1 is 1.39 bits per heavy atom. The SMILES string of the molecule is COc1ccccc1[C@@H](C)NS(=O)(=O)CCCCl. The normalized spacial score (nSPS) is 13.3. The van der Waals surface area contributed by atoms with Crippen LogP contribution in [0.2, 0.25) is 0 Å². The van der Waals surface area contributed by atoms with Gasteiger partial charge in [0, 0.05) is 17.5 Å². The van der Waals surface area contributed by atoms with Gasteiger partial charge in [0.2, 0.25) is 10.0 Å². The molecular weight excluding hydrogens is 274 g/mol. The van der Waals surface area contributed by atoms with E-state index in [1.807, 2.05) is 18.2 Å². The fourth-order valence-electron chi connectivity index (χ4n) is 1.66. The fourth-order valence-corrected chi connectivity index (χ4v) is 3.26. The van der Waals surface area contributed by atoms with E-state index in [-0.39, 0.29) is 11.8 Å². The molecule has 1 N–H and O–H groups in total. The summed E-state index contributed by atoms with van der Waals surface area (Å²) in [5.74, 6) is 1.05. The maximum Gasteiger partial charge on any atom is 0.212 e. The second-order valence-electron chi connectivity index (χ2n) is 3.94. The van der Waals surface area contributed by atoms with E-state index in [2.05, 4.69) is 4.72 Å². The molecule has 0 aromatic heterocycles. The molecule has 0 spiro atoms. The molecule has 1 aromatic carbocycles. The predicted octanol–water partition coefficient (Wildman–Crippen LogP) is 2.30. The molecule has 0 aliphatic rings. The first-order chi connectivity index (χ1) is 8.50.